The SMILES string of the molecule is CCCC[C@H]1CN(CC2(F)[C@@H]3COC[C@@H]32)C(=O)OC12CCN(C1(C)CCN(C(=O)c3c(C)ncnc3C)CC1)CC2. The number of carbonyl (C=O) groups excluding carboxylic acids is 2. The molecule has 1 spiro atoms. The van der Waals surface area contributed by atoms with Crippen molar-refractivity contribution in [2.45, 2.75) is 89.4 Å². The van der Waals surface area contributed by atoms with Crippen molar-refractivity contribution in [2.24, 2.45) is 17.8 Å². The van der Waals surface area contributed by atoms with Crippen molar-refractivity contribution in [3.63, 3.8) is 0 Å². The Hall–Kier alpha value is -2.33. The normalized spacial score (nSPS) is 32.6. The monoisotopic (exact) mass is 571 g/mol. The minimum absolute atomic E-state index is 0.00820. The lowest BCUT2D eigenvalue weighted by atomic mass is 9.74. The highest BCUT2D eigenvalue weighted by molar-refractivity contribution is 5.96. The molecular formula is C31H46FN5O4. The number of carbonyl (C=O) groups is 2. The van der Waals surface area contributed by atoms with Gasteiger partial charge in [-0.1, -0.05) is 19.8 Å². The molecule has 4 atom stereocenters. The molecule has 5 fully saturated rings. The molecule has 4 saturated heterocycles. The van der Waals surface area contributed by atoms with Crippen molar-refractivity contribution in [3.05, 3.63) is 23.3 Å². The van der Waals surface area contributed by atoms with E-state index >= 15 is 4.39 Å². The first-order valence-electron chi connectivity index (χ1n) is 15.7. The number of fused-ring (bicyclic) bond motifs is 1. The van der Waals surface area contributed by atoms with Gasteiger partial charge >= 0.3 is 6.09 Å². The van der Waals surface area contributed by atoms with Gasteiger partial charge in [-0.3, -0.25) is 9.69 Å². The highest BCUT2D eigenvalue weighted by Gasteiger charge is 2.70. The van der Waals surface area contributed by atoms with Crippen LogP contribution in [0.1, 0.15) is 80.5 Å². The van der Waals surface area contributed by atoms with Gasteiger partial charge in [-0.25, -0.2) is 19.2 Å². The Bertz CT molecular complexity index is 1130. The molecule has 1 unspecified atom stereocenters. The zero-order chi connectivity index (χ0) is 29.0. The summed E-state index contributed by atoms with van der Waals surface area (Å²) in [5.41, 5.74) is 0.291. The molecule has 226 valence electrons. The quantitative estimate of drug-likeness (QED) is 0.486. The number of aryl methyl sites for hydroxylation is 2. The van der Waals surface area contributed by atoms with Crippen LogP contribution in [0.2, 0.25) is 0 Å². The lowest BCUT2D eigenvalue weighted by Crippen LogP contribution is -2.64. The van der Waals surface area contributed by atoms with Crippen LogP contribution in [0.25, 0.3) is 0 Å². The molecule has 0 radical (unpaired) electrons. The first kappa shape index (κ1) is 28.8. The standard InChI is InChI=1S/C31H46FN5O4/c1-5-6-7-23-16-36(19-31(32)24-17-40-18-25(24)31)28(39)41-30(23)10-14-37(15-11-30)29(4)8-12-35(13-9-29)27(38)26-21(2)33-20-34-22(26)3/h20,23-25H,5-19H2,1-4H3/t23-,24-,25+,31?/m0/s1. The van der Waals surface area contributed by atoms with Gasteiger partial charge in [0.05, 0.1) is 36.7 Å². The lowest BCUT2D eigenvalue weighted by Gasteiger charge is -2.55. The van der Waals surface area contributed by atoms with Gasteiger partial charge < -0.3 is 19.3 Å². The molecule has 2 amide bonds. The van der Waals surface area contributed by atoms with Crippen LogP contribution in [0.3, 0.4) is 0 Å². The van der Waals surface area contributed by atoms with Crippen LogP contribution in [0.15, 0.2) is 6.33 Å². The Labute approximate surface area is 243 Å². The van der Waals surface area contributed by atoms with Gasteiger partial charge in [0.1, 0.15) is 17.6 Å². The number of rotatable bonds is 7. The largest absolute Gasteiger partial charge is 0.442 e. The van der Waals surface area contributed by atoms with E-state index in [0.29, 0.717) is 38.4 Å². The average Bonchev–Trinajstić information content (AvgIpc) is 3.26. The molecule has 1 saturated carbocycles. The molecule has 1 aromatic heterocycles. The number of alkyl halides is 1. The summed E-state index contributed by atoms with van der Waals surface area (Å²) < 4.78 is 27.2. The average molecular weight is 572 g/mol. The van der Waals surface area contributed by atoms with Crippen LogP contribution in [0.4, 0.5) is 9.18 Å². The third-order valence-electron chi connectivity index (χ3n) is 11.2. The smallest absolute Gasteiger partial charge is 0.410 e. The molecule has 0 bridgehead atoms. The van der Waals surface area contributed by atoms with E-state index in [1.807, 2.05) is 18.7 Å². The van der Waals surface area contributed by atoms with Gasteiger partial charge in [0.25, 0.3) is 5.91 Å². The summed E-state index contributed by atoms with van der Waals surface area (Å²) in [6, 6.07) is 0. The molecule has 10 heteroatoms. The fraction of sp³-hybridized carbons (Fsp3) is 0.806. The molecule has 41 heavy (non-hydrogen) atoms. The zero-order valence-electron chi connectivity index (χ0n) is 25.2. The minimum Gasteiger partial charge on any atom is -0.442 e. The van der Waals surface area contributed by atoms with Crippen molar-refractivity contribution in [1.29, 1.82) is 0 Å². The summed E-state index contributed by atoms with van der Waals surface area (Å²) in [5.74, 6) is 0.0998. The van der Waals surface area contributed by atoms with Gasteiger partial charge in [0.2, 0.25) is 0 Å². The van der Waals surface area contributed by atoms with Crippen molar-refractivity contribution in [3.8, 4) is 0 Å². The van der Waals surface area contributed by atoms with Crippen molar-refractivity contribution >= 4 is 12.0 Å². The summed E-state index contributed by atoms with van der Waals surface area (Å²) >= 11 is 0. The maximum Gasteiger partial charge on any atom is 0.410 e. The number of piperidine rings is 2. The highest BCUT2D eigenvalue weighted by Crippen LogP contribution is 2.58. The fourth-order valence-corrected chi connectivity index (χ4v) is 8.19. The number of ether oxygens (including phenoxy) is 2. The van der Waals surface area contributed by atoms with Gasteiger partial charge in [-0.2, -0.15) is 0 Å². The van der Waals surface area contributed by atoms with Gasteiger partial charge in [-0.15, -0.1) is 0 Å². The molecule has 5 heterocycles. The molecule has 5 aliphatic rings. The maximum atomic E-state index is 15.5. The molecule has 0 aromatic carbocycles. The van der Waals surface area contributed by atoms with E-state index in [1.165, 1.54) is 6.33 Å². The third kappa shape index (κ3) is 5.02. The van der Waals surface area contributed by atoms with Gasteiger partial charge in [0, 0.05) is 68.9 Å². The van der Waals surface area contributed by atoms with Crippen LogP contribution >= 0.6 is 0 Å². The number of likely N-dealkylation sites (tertiary alicyclic amines) is 2. The Morgan fingerprint density at radius 2 is 1.68 bits per heavy atom. The summed E-state index contributed by atoms with van der Waals surface area (Å²) in [6.07, 6.45) is 7.73. The molecule has 9 nitrogen and oxygen atoms in total. The second kappa shape index (κ2) is 10.7. The summed E-state index contributed by atoms with van der Waals surface area (Å²) in [6.45, 7) is 13.0. The molecular weight excluding hydrogens is 525 g/mol. The van der Waals surface area contributed by atoms with Crippen molar-refractivity contribution < 1.29 is 23.5 Å². The topological polar surface area (TPSA) is 88.1 Å². The van der Waals surface area contributed by atoms with E-state index < -0.39 is 11.3 Å². The van der Waals surface area contributed by atoms with E-state index in [0.717, 1.165) is 69.4 Å². The third-order valence-corrected chi connectivity index (χ3v) is 11.2. The Morgan fingerprint density at radius 1 is 1.05 bits per heavy atom. The van der Waals surface area contributed by atoms with Crippen LogP contribution in [0.5, 0.6) is 0 Å². The maximum absolute atomic E-state index is 15.5. The first-order valence-corrected chi connectivity index (χ1v) is 15.7. The predicted molar refractivity (Wildman–Crippen MR) is 151 cm³/mol. The number of aromatic nitrogens is 2. The predicted octanol–water partition coefficient (Wildman–Crippen LogP) is 4.17. The molecule has 0 N–H and O–H groups in total. The van der Waals surface area contributed by atoms with Gasteiger partial charge in [0.15, 0.2) is 0 Å². The van der Waals surface area contributed by atoms with Crippen LogP contribution in [-0.2, 0) is 9.47 Å². The Balaban J connectivity index is 1.08. The number of unbranched alkanes of at least 4 members (excludes halogenated alkanes) is 1. The number of halogens is 1. The van der Waals surface area contributed by atoms with Crippen molar-refractivity contribution in [2.75, 3.05) is 52.5 Å². The summed E-state index contributed by atoms with van der Waals surface area (Å²) in [5, 5.41) is 0. The Kier molecular flexibility index (Phi) is 7.54. The molecule has 4 aliphatic heterocycles. The van der Waals surface area contributed by atoms with E-state index in [9.17, 15) is 9.59 Å². The van der Waals surface area contributed by atoms with Gasteiger partial charge in [-0.05, 0) is 40.0 Å². The van der Waals surface area contributed by atoms with Crippen LogP contribution < -0.4 is 0 Å². The van der Waals surface area contributed by atoms with Crippen molar-refractivity contribution in [1.82, 2.24) is 24.7 Å². The number of nitrogens with zero attached hydrogens (tertiary/aromatic N) is 5. The number of amides is 2. The van der Waals surface area contributed by atoms with E-state index in [1.54, 1.807) is 4.90 Å². The van der Waals surface area contributed by atoms with E-state index in [4.69, 9.17) is 9.47 Å². The Morgan fingerprint density at radius 3 is 2.29 bits per heavy atom. The molecule has 6 rings (SSSR count). The summed E-state index contributed by atoms with van der Waals surface area (Å²) in [4.78, 5) is 41.2. The number of hydrogen-bond donors (Lipinski definition) is 0. The second-order valence-corrected chi connectivity index (χ2v) is 13.5. The van der Waals surface area contributed by atoms with E-state index in [-0.39, 0.29) is 41.8 Å². The lowest BCUT2D eigenvalue weighted by molar-refractivity contribution is -0.136. The minimum atomic E-state index is -1.31. The highest BCUT2D eigenvalue weighted by atomic mass is 19.1. The van der Waals surface area contributed by atoms with Crippen LogP contribution in [0, 0.1) is 31.6 Å². The zero-order valence-corrected chi connectivity index (χ0v) is 25.2. The van der Waals surface area contributed by atoms with Crippen LogP contribution in [-0.4, -0.2) is 106 Å². The second-order valence-electron chi connectivity index (χ2n) is 13.5. The molecule has 1 aliphatic carbocycles. The first-order chi connectivity index (χ1) is 19.6. The van der Waals surface area contributed by atoms with E-state index in [2.05, 4.69) is 28.7 Å². The number of hydrogen-bond acceptors (Lipinski definition) is 7. The molecule has 1 aromatic rings. The summed E-state index contributed by atoms with van der Waals surface area (Å²) in [7, 11) is 0. The fourth-order valence-electron chi connectivity index (χ4n) is 8.19.